The van der Waals surface area contributed by atoms with Crippen LogP contribution < -0.4 is 5.32 Å². The molecule has 0 fully saturated rings. The smallest absolute Gasteiger partial charge is 0.169 e. The molecule has 0 aliphatic heterocycles. The van der Waals surface area contributed by atoms with Crippen molar-refractivity contribution in [1.29, 1.82) is 0 Å². The second kappa shape index (κ2) is 4.24. The second-order valence-corrected chi connectivity index (χ2v) is 4.11. The van der Waals surface area contributed by atoms with E-state index in [2.05, 4.69) is 21.2 Å². The summed E-state index contributed by atoms with van der Waals surface area (Å²) in [6, 6.07) is 5.70. The van der Waals surface area contributed by atoms with E-state index in [0.29, 0.717) is 0 Å². The average molecular weight is 270 g/mol. The minimum Gasteiger partial charge on any atom is -0.467 e. The summed E-state index contributed by atoms with van der Waals surface area (Å²) in [6.07, 6.45) is 1.69. The third-order valence-electron chi connectivity index (χ3n) is 2.33. The van der Waals surface area contributed by atoms with Crippen LogP contribution in [0.5, 0.6) is 0 Å². The van der Waals surface area contributed by atoms with E-state index in [9.17, 15) is 0 Å². The third kappa shape index (κ3) is 2.01. The Hall–Kier alpha value is -1.00. The van der Waals surface area contributed by atoms with Crippen molar-refractivity contribution in [3.63, 3.8) is 0 Å². The van der Waals surface area contributed by atoms with Gasteiger partial charge in [-0.1, -0.05) is 0 Å². The second-order valence-electron chi connectivity index (χ2n) is 3.33. The summed E-state index contributed by atoms with van der Waals surface area (Å²) in [5.41, 5.74) is 1.11. The minimum atomic E-state index is -0.0358. The first kappa shape index (κ1) is 10.5. The molecule has 2 aromatic rings. The predicted molar refractivity (Wildman–Crippen MR) is 60.8 cm³/mol. The predicted octanol–water partition coefficient (Wildman–Crippen LogP) is 3.25. The fourth-order valence-corrected chi connectivity index (χ4v) is 1.89. The van der Waals surface area contributed by atoms with Gasteiger partial charge in [-0.2, -0.15) is 0 Å². The zero-order valence-electron chi connectivity index (χ0n) is 8.58. The molecular weight excluding hydrogens is 258 g/mol. The summed E-state index contributed by atoms with van der Waals surface area (Å²) in [7, 11) is 1.88. The van der Waals surface area contributed by atoms with Gasteiger partial charge in [-0.05, 0) is 53.7 Å². The molecule has 0 aromatic carbocycles. The van der Waals surface area contributed by atoms with Gasteiger partial charge < -0.3 is 14.2 Å². The molecule has 2 aromatic heterocycles. The van der Waals surface area contributed by atoms with Crippen molar-refractivity contribution in [3.05, 3.63) is 46.2 Å². The monoisotopic (exact) mass is 269 g/mol. The maximum atomic E-state index is 5.51. The van der Waals surface area contributed by atoms with Crippen LogP contribution in [0.25, 0.3) is 0 Å². The number of furan rings is 2. The number of halogens is 1. The van der Waals surface area contributed by atoms with Gasteiger partial charge in [0.2, 0.25) is 0 Å². The molecule has 4 heteroatoms. The summed E-state index contributed by atoms with van der Waals surface area (Å²) >= 11 is 3.29. The first-order valence-corrected chi connectivity index (χ1v) is 5.48. The highest BCUT2D eigenvalue weighted by Crippen LogP contribution is 2.28. The van der Waals surface area contributed by atoms with Gasteiger partial charge in [-0.15, -0.1) is 0 Å². The van der Waals surface area contributed by atoms with Crippen molar-refractivity contribution >= 4 is 15.9 Å². The molecule has 0 spiro atoms. The Labute approximate surface area is 96.6 Å². The van der Waals surface area contributed by atoms with Gasteiger partial charge in [0.05, 0.1) is 6.26 Å². The number of aryl methyl sites for hydroxylation is 1. The molecule has 0 radical (unpaired) electrons. The molecule has 1 atom stereocenters. The molecule has 0 saturated heterocycles. The van der Waals surface area contributed by atoms with E-state index in [1.165, 1.54) is 0 Å². The van der Waals surface area contributed by atoms with Gasteiger partial charge in [0.15, 0.2) is 4.67 Å². The fraction of sp³-hybridized carbons (Fsp3) is 0.273. The molecule has 80 valence electrons. The van der Waals surface area contributed by atoms with E-state index < -0.39 is 0 Å². The van der Waals surface area contributed by atoms with Gasteiger partial charge >= 0.3 is 0 Å². The maximum Gasteiger partial charge on any atom is 0.169 e. The van der Waals surface area contributed by atoms with Gasteiger partial charge in [-0.25, -0.2) is 0 Å². The lowest BCUT2D eigenvalue weighted by Gasteiger charge is -2.11. The summed E-state index contributed by atoms with van der Waals surface area (Å²) < 4.78 is 11.7. The van der Waals surface area contributed by atoms with Crippen LogP contribution in [-0.2, 0) is 0 Å². The van der Waals surface area contributed by atoms with Crippen molar-refractivity contribution in [2.24, 2.45) is 0 Å². The number of rotatable bonds is 3. The Kier molecular flexibility index (Phi) is 2.98. The van der Waals surface area contributed by atoms with Crippen LogP contribution >= 0.6 is 15.9 Å². The van der Waals surface area contributed by atoms with Gasteiger partial charge in [0.1, 0.15) is 17.6 Å². The lowest BCUT2D eigenvalue weighted by Crippen LogP contribution is -2.17. The molecule has 0 bridgehead atoms. The Morgan fingerprint density at radius 3 is 2.60 bits per heavy atom. The van der Waals surface area contributed by atoms with Crippen LogP contribution in [0.2, 0.25) is 0 Å². The van der Waals surface area contributed by atoms with Gasteiger partial charge in [-0.3, -0.25) is 0 Å². The minimum absolute atomic E-state index is 0.0358. The number of nitrogens with one attached hydrogen (secondary N) is 1. The average Bonchev–Trinajstić information content (AvgIpc) is 2.79. The van der Waals surface area contributed by atoms with Crippen molar-refractivity contribution in [1.82, 2.24) is 5.32 Å². The Morgan fingerprint density at radius 2 is 2.13 bits per heavy atom. The summed E-state index contributed by atoms with van der Waals surface area (Å²) in [5, 5.41) is 3.17. The molecule has 0 aliphatic rings. The van der Waals surface area contributed by atoms with E-state index in [-0.39, 0.29) is 6.04 Å². The van der Waals surface area contributed by atoms with Gasteiger partial charge in [0, 0.05) is 0 Å². The van der Waals surface area contributed by atoms with E-state index in [1.54, 1.807) is 6.26 Å². The first-order chi connectivity index (χ1) is 7.22. The summed E-state index contributed by atoms with van der Waals surface area (Å²) in [4.78, 5) is 0. The molecule has 0 amide bonds. The topological polar surface area (TPSA) is 38.3 Å². The molecule has 3 nitrogen and oxygen atoms in total. The molecule has 1 unspecified atom stereocenters. The van der Waals surface area contributed by atoms with Crippen LogP contribution in [0.4, 0.5) is 0 Å². The lowest BCUT2D eigenvalue weighted by atomic mass is 10.1. The van der Waals surface area contributed by atoms with Crippen LogP contribution in [0.15, 0.2) is 38.0 Å². The summed E-state index contributed by atoms with van der Waals surface area (Å²) in [6.45, 7) is 2.02. The molecule has 0 aliphatic carbocycles. The van der Waals surface area contributed by atoms with E-state index >= 15 is 0 Å². The van der Waals surface area contributed by atoms with Crippen molar-refractivity contribution in [2.75, 3.05) is 7.05 Å². The largest absolute Gasteiger partial charge is 0.467 e. The van der Waals surface area contributed by atoms with Crippen molar-refractivity contribution in [3.8, 4) is 0 Å². The van der Waals surface area contributed by atoms with Crippen LogP contribution in [-0.4, -0.2) is 7.05 Å². The highest BCUT2D eigenvalue weighted by atomic mass is 79.9. The SMILES string of the molecule is CNC(c1ccc(Br)o1)c1occc1C. The number of hydrogen-bond donors (Lipinski definition) is 1. The zero-order chi connectivity index (χ0) is 10.8. The maximum absolute atomic E-state index is 5.51. The molecular formula is C11H12BrNO2. The van der Waals surface area contributed by atoms with Crippen LogP contribution in [0.3, 0.4) is 0 Å². The highest BCUT2D eigenvalue weighted by Gasteiger charge is 2.20. The van der Waals surface area contributed by atoms with E-state index in [4.69, 9.17) is 8.83 Å². The standard InChI is InChI=1S/C11H12BrNO2/c1-7-5-6-14-11(7)10(13-2)8-3-4-9(12)15-8/h3-6,10,13H,1-2H3. The Balaban J connectivity index is 2.36. The van der Waals surface area contributed by atoms with Crippen LogP contribution in [0, 0.1) is 6.92 Å². The fourth-order valence-electron chi connectivity index (χ4n) is 1.57. The van der Waals surface area contributed by atoms with E-state index in [0.717, 1.165) is 21.8 Å². The molecule has 2 heterocycles. The highest BCUT2D eigenvalue weighted by molar-refractivity contribution is 9.10. The first-order valence-electron chi connectivity index (χ1n) is 4.69. The zero-order valence-corrected chi connectivity index (χ0v) is 10.2. The van der Waals surface area contributed by atoms with Crippen molar-refractivity contribution in [2.45, 2.75) is 13.0 Å². The lowest BCUT2D eigenvalue weighted by molar-refractivity contribution is 0.394. The molecule has 15 heavy (non-hydrogen) atoms. The Morgan fingerprint density at radius 1 is 1.33 bits per heavy atom. The van der Waals surface area contributed by atoms with E-state index in [1.807, 2.05) is 32.2 Å². The third-order valence-corrected chi connectivity index (χ3v) is 2.76. The van der Waals surface area contributed by atoms with Gasteiger partial charge in [0.25, 0.3) is 0 Å². The normalized spacial score (nSPS) is 13.0. The van der Waals surface area contributed by atoms with Crippen LogP contribution in [0.1, 0.15) is 23.1 Å². The number of hydrogen-bond acceptors (Lipinski definition) is 3. The molecule has 0 saturated carbocycles. The molecule has 1 N–H and O–H groups in total. The van der Waals surface area contributed by atoms with Crippen molar-refractivity contribution < 1.29 is 8.83 Å². The molecule has 2 rings (SSSR count). The quantitative estimate of drug-likeness (QED) is 0.930. The Bertz CT molecular complexity index is 447. The summed E-state index contributed by atoms with van der Waals surface area (Å²) in [5.74, 6) is 1.72.